The molecule has 20 heteroatoms. The summed E-state index contributed by atoms with van der Waals surface area (Å²) >= 11 is 0. The number of hydrogen-bond acceptors (Lipinski definition) is 14. The summed E-state index contributed by atoms with van der Waals surface area (Å²) in [6, 6.07) is 33.5. The first-order valence-electron chi connectivity index (χ1n) is 30.7. The number of nitrogens with zero attached hydrogens (tertiary/aromatic N) is 2. The van der Waals surface area contributed by atoms with Crippen LogP contribution in [-0.4, -0.2) is 100 Å². The van der Waals surface area contributed by atoms with Gasteiger partial charge in [-0.2, -0.15) is 8.42 Å². The van der Waals surface area contributed by atoms with Crippen LogP contribution in [0.4, 0.5) is 11.4 Å². The van der Waals surface area contributed by atoms with Crippen molar-refractivity contribution in [3.63, 3.8) is 0 Å². The average Bonchev–Trinajstić information content (AvgIpc) is 3.88. The number of hydrogen-bond donors (Lipinski definition) is 2. The topological polar surface area (TPSA) is 220 Å². The van der Waals surface area contributed by atoms with Gasteiger partial charge in [-0.1, -0.05) is 31.0 Å². The van der Waals surface area contributed by atoms with Gasteiger partial charge in [0.05, 0.1) is 51.5 Å². The highest BCUT2D eigenvalue weighted by Crippen LogP contribution is 2.34. The first-order chi connectivity index (χ1) is 42.0. The second-order valence-electron chi connectivity index (χ2n) is 23.2. The van der Waals surface area contributed by atoms with E-state index in [1.165, 1.54) is 124 Å². The number of carbonyl (C=O) groups is 2. The zero-order valence-corrected chi connectivity index (χ0v) is 56.6. The third-order valence-corrected chi connectivity index (χ3v) is 19.2. The van der Waals surface area contributed by atoms with Gasteiger partial charge in [-0.05, 0) is 257 Å². The Kier molecular flexibility index (Phi) is 27.3. The minimum absolute atomic E-state index is 0. The van der Waals surface area contributed by atoms with Crippen LogP contribution in [0.15, 0.2) is 109 Å². The molecular weight excluding hydrogens is 1260 g/mol. The Morgan fingerprint density at radius 2 is 0.742 bits per heavy atom. The molecular formula is C69H89BrN2O14S3. The number of benzene rings is 6. The molecule has 2 heterocycles. The molecule has 0 saturated heterocycles. The fourth-order valence-electron chi connectivity index (χ4n) is 11.9. The molecule has 2 aliphatic heterocycles. The maximum absolute atomic E-state index is 11.8. The highest BCUT2D eigenvalue weighted by atomic mass is 79.9. The maximum Gasteiger partial charge on any atom is 0.306 e. The van der Waals surface area contributed by atoms with Crippen LogP contribution >= 0.6 is 17.0 Å². The van der Waals surface area contributed by atoms with Crippen molar-refractivity contribution in [2.24, 2.45) is 0 Å². The number of methoxy groups -OCH3 is 3. The Bertz CT molecular complexity index is 3710. The summed E-state index contributed by atoms with van der Waals surface area (Å²) in [5.74, 6) is 4.16. The highest BCUT2D eigenvalue weighted by molar-refractivity contribution is 8.93. The standard InChI is InChI=1S/C12H17NO5S2.C12H14O2.C12H16O.C11H15NO3S.C11H12O2.C11H14O.BrH/c1-19(14,15)13-8-4-3-5-10-9-11(6-7-12(10)13)18-20(2,16)17;1-14-12-6-5-10-7-11(13)4-2-3-9(10)8-12;1-13-12-8-7-10-5-3-2-4-6-11(10)9-12;1-16(14,15)12-7-3-2-4-9-8-10(13)5-6-11(9)12;1-13-9-5-6-10-8(7-9)3-2-4-11(10)12;12-11-7-6-9-4-2-1-3-5-10(9)8-11;/h6-7,9H,3-5,8H2,1-2H3;5-6,8H,2-4,7H2,1H3;7-9H,2-6H2,1H3;5-6,8,13H,2-4,7H2,1H3;5-7H,2-4H2,1H3;6-8,12H,1-5H2;1H. The first kappa shape index (κ1) is 71.5. The van der Waals surface area contributed by atoms with E-state index in [2.05, 4.69) is 24.3 Å². The zero-order chi connectivity index (χ0) is 63.4. The van der Waals surface area contributed by atoms with E-state index in [0.717, 1.165) is 116 Å². The van der Waals surface area contributed by atoms with Gasteiger partial charge < -0.3 is 28.6 Å². The normalized spacial score (nSPS) is 16.0. The first-order valence-corrected chi connectivity index (χ1v) is 36.2. The van der Waals surface area contributed by atoms with Crippen LogP contribution in [0.5, 0.6) is 34.5 Å². The number of rotatable bonds is 7. The van der Waals surface area contributed by atoms with E-state index in [9.17, 15) is 45.1 Å². The number of Topliss-reactive ketones (excluding diaryl/α,β-unsaturated/α-hetero) is 2. The number of sulfonamides is 2. The van der Waals surface area contributed by atoms with Gasteiger partial charge in [0, 0.05) is 37.9 Å². The van der Waals surface area contributed by atoms with Crippen molar-refractivity contribution >= 4 is 70.1 Å². The lowest BCUT2D eigenvalue weighted by atomic mass is 9.91. The molecule has 6 aromatic carbocycles. The quantitative estimate of drug-likeness (QED) is 0.112. The van der Waals surface area contributed by atoms with Gasteiger partial charge in [0.2, 0.25) is 20.0 Å². The molecule has 16 nitrogen and oxygen atoms in total. The predicted octanol–water partition coefficient (Wildman–Crippen LogP) is 13.2. The van der Waals surface area contributed by atoms with Crippen LogP contribution in [0.3, 0.4) is 0 Å². The molecule has 6 aromatic rings. The van der Waals surface area contributed by atoms with Crippen LogP contribution in [0.2, 0.25) is 0 Å². The average molecular weight is 1350 g/mol. The number of ketones is 2. The molecule has 12 rings (SSSR count). The van der Waals surface area contributed by atoms with Gasteiger partial charge in [-0.15, -0.1) is 17.0 Å². The van der Waals surface area contributed by atoms with Crippen LogP contribution < -0.4 is 27.0 Å². The summed E-state index contributed by atoms with van der Waals surface area (Å²) < 4.78 is 92.3. The van der Waals surface area contributed by atoms with Crippen molar-refractivity contribution in [3.8, 4) is 34.5 Å². The fourth-order valence-corrected chi connectivity index (χ4v) is 14.3. The minimum Gasteiger partial charge on any atom is -0.508 e. The molecule has 6 aliphatic rings. The SMILES string of the molecule is Br.COc1ccc2c(c1)CCCC(=O)C2.COc1ccc2c(c1)CCCC2=O.COc1ccc2c(c1)CCCCC2.CS(=O)(=O)N1CCCCc2cc(O)ccc21.CS(=O)(=O)Oc1ccc2c(c1)CCCCN2S(C)(=O)=O.Oc1ccc2c(c1)CCCCC2. The molecule has 89 heavy (non-hydrogen) atoms. The van der Waals surface area contributed by atoms with Gasteiger partial charge in [-0.25, -0.2) is 16.8 Å². The Labute approximate surface area is 539 Å². The molecule has 0 saturated carbocycles. The van der Waals surface area contributed by atoms with Crippen molar-refractivity contribution in [1.82, 2.24) is 0 Å². The third-order valence-electron chi connectivity index (χ3n) is 16.4. The van der Waals surface area contributed by atoms with Crippen LogP contribution in [0.1, 0.15) is 150 Å². The second kappa shape index (κ2) is 34.0. The summed E-state index contributed by atoms with van der Waals surface area (Å²) in [6.45, 7) is 0.967. The fraction of sp³-hybridized carbons (Fsp3) is 0.449. The van der Waals surface area contributed by atoms with Crippen molar-refractivity contribution in [2.75, 3.05) is 61.8 Å². The number of carbonyl (C=O) groups excluding carboxylic acids is 2. The number of halogens is 1. The lowest BCUT2D eigenvalue weighted by molar-refractivity contribution is -0.118. The molecule has 0 spiro atoms. The summed E-state index contributed by atoms with van der Waals surface area (Å²) in [4.78, 5) is 22.8. The predicted molar refractivity (Wildman–Crippen MR) is 359 cm³/mol. The zero-order valence-electron chi connectivity index (χ0n) is 52.4. The number of aryl methyl sites for hydroxylation is 8. The third kappa shape index (κ3) is 22.1. The van der Waals surface area contributed by atoms with Crippen molar-refractivity contribution in [1.29, 1.82) is 0 Å². The van der Waals surface area contributed by atoms with Gasteiger partial charge in [0.1, 0.15) is 40.3 Å². The van der Waals surface area contributed by atoms with Crippen LogP contribution in [0, 0.1) is 0 Å². The molecule has 4 aliphatic carbocycles. The highest BCUT2D eigenvalue weighted by Gasteiger charge is 2.25. The molecule has 0 fully saturated rings. The number of anilines is 2. The van der Waals surface area contributed by atoms with E-state index in [4.69, 9.17) is 18.4 Å². The Morgan fingerprint density at radius 1 is 0.371 bits per heavy atom. The summed E-state index contributed by atoms with van der Waals surface area (Å²) in [7, 11) is -5.10. The van der Waals surface area contributed by atoms with E-state index >= 15 is 0 Å². The van der Waals surface area contributed by atoms with Crippen LogP contribution in [0.25, 0.3) is 0 Å². The van der Waals surface area contributed by atoms with E-state index in [0.29, 0.717) is 55.3 Å². The summed E-state index contributed by atoms with van der Waals surface area (Å²) in [5.41, 5.74) is 13.3. The summed E-state index contributed by atoms with van der Waals surface area (Å²) in [6.07, 6.45) is 27.0. The molecule has 484 valence electrons. The minimum atomic E-state index is -3.59. The van der Waals surface area contributed by atoms with Crippen molar-refractivity contribution < 1.29 is 63.4 Å². The van der Waals surface area contributed by atoms with Gasteiger partial charge in [0.25, 0.3) is 0 Å². The van der Waals surface area contributed by atoms with Crippen LogP contribution in [-0.2, 0) is 92.7 Å². The van der Waals surface area contributed by atoms with Crippen molar-refractivity contribution in [3.05, 3.63) is 165 Å². The van der Waals surface area contributed by atoms with E-state index in [1.54, 1.807) is 51.7 Å². The van der Waals surface area contributed by atoms with E-state index in [1.807, 2.05) is 42.5 Å². The summed E-state index contributed by atoms with van der Waals surface area (Å²) in [5, 5.41) is 18.7. The van der Waals surface area contributed by atoms with E-state index < -0.39 is 30.2 Å². The monoisotopic (exact) mass is 1340 g/mol. The molecule has 0 bridgehead atoms. The Hall–Kier alpha value is -6.61. The lowest BCUT2D eigenvalue weighted by Crippen LogP contribution is -2.30. The second-order valence-corrected chi connectivity index (χ2v) is 28.6. The van der Waals surface area contributed by atoms with Gasteiger partial charge >= 0.3 is 10.1 Å². The van der Waals surface area contributed by atoms with E-state index in [-0.39, 0.29) is 34.3 Å². The Balaban J connectivity index is 0.000000171. The molecule has 0 amide bonds. The maximum atomic E-state index is 11.8. The van der Waals surface area contributed by atoms with Crippen molar-refractivity contribution in [2.45, 2.75) is 148 Å². The van der Waals surface area contributed by atoms with Gasteiger partial charge in [0.15, 0.2) is 5.78 Å². The molecule has 0 atom stereocenters. The molecule has 2 N–H and O–H groups in total. The molecule has 0 aromatic heterocycles. The number of aromatic hydroxyl groups is 2. The largest absolute Gasteiger partial charge is 0.508 e. The number of fused-ring (bicyclic) bond motifs is 6. The Morgan fingerprint density at radius 3 is 1.28 bits per heavy atom. The number of phenolic OH excluding ortho intramolecular Hbond substituents is 2. The lowest BCUT2D eigenvalue weighted by Gasteiger charge is -2.22. The molecule has 0 unspecified atom stereocenters. The smallest absolute Gasteiger partial charge is 0.306 e. The van der Waals surface area contributed by atoms with Gasteiger partial charge in [-0.3, -0.25) is 18.2 Å². The molecule has 0 radical (unpaired) electrons. The number of ether oxygens (including phenoxy) is 3. The number of phenols is 2.